The number of esters is 1. The number of rotatable bonds is 8. The molecule has 13 heteroatoms. The van der Waals surface area contributed by atoms with Crippen LogP contribution in [0.25, 0.3) is 0 Å². The number of benzene rings is 1. The van der Waals surface area contributed by atoms with Crippen molar-refractivity contribution in [2.75, 3.05) is 21.3 Å². The minimum absolute atomic E-state index is 0.0739. The minimum atomic E-state index is -4.10. The van der Waals surface area contributed by atoms with E-state index in [0.717, 1.165) is 0 Å². The van der Waals surface area contributed by atoms with Crippen LogP contribution in [0.3, 0.4) is 0 Å². The molecule has 0 radical (unpaired) electrons. The lowest BCUT2D eigenvalue weighted by Gasteiger charge is -2.10. The van der Waals surface area contributed by atoms with Gasteiger partial charge in [-0.15, -0.1) is 0 Å². The van der Waals surface area contributed by atoms with Gasteiger partial charge in [0.15, 0.2) is 0 Å². The molecule has 2 amide bonds. The second-order valence-corrected chi connectivity index (χ2v) is 7.77. The van der Waals surface area contributed by atoms with Gasteiger partial charge in [0.05, 0.1) is 38.7 Å². The number of sulfonamides is 1. The van der Waals surface area contributed by atoms with Crippen LogP contribution in [0.4, 0.5) is 4.79 Å². The van der Waals surface area contributed by atoms with E-state index in [1.165, 1.54) is 39.5 Å². The summed E-state index contributed by atoms with van der Waals surface area (Å²) in [6, 6.07) is 6.44. The number of methoxy groups -OCH3 is 3. The van der Waals surface area contributed by atoms with Gasteiger partial charge >= 0.3 is 12.0 Å². The predicted octanol–water partition coefficient (Wildman–Crippen LogP) is 1.12. The van der Waals surface area contributed by atoms with Crippen LogP contribution in [0.1, 0.15) is 15.9 Å². The van der Waals surface area contributed by atoms with Gasteiger partial charge < -0.3 is 14.2 Å². The van der Waals surface area contributed by atoms with Gasteiger partial charge in [-0.2, -0.15) is 9.97 Å². The largest absolute Gasteiger partial charge is 0.481 e. The summed E-state index contributed by atoms with van der Waals surface area (Å²) in [5, 5.41) is 0.0739. The molecular formula is C16H18N4O7S2. The Morgan fingerprint density at radius 1 is 1.07 bits per heavy atom. The molecule has 0 aliphatic carbocycles. The molecule has 0 unspecified atom stereocenters. The Balaban J connectivity index is 2.03. The number of nitrogens with zero attached hydrogens (tertiary/aromatic N) is 2. The quantitative estimate of drug-likeness (QED) is 0.346. The Hall–Kier alpha value is -3.06. The Kier molecular flexibility index (Phi) is 7.61. The van der Waals surface area contributed by atoms with Crippen molar-refractivity contribution >= 4 is 34.0 Å². The van der Waals surface area contributed by atoms with Crippen molar-refractivity contribution in [1.29, 1.82) is 0 Å². The van der Waals surface area contributed by atoms with Gasteiger partial charge in [-0.3, -0.25) is 4.72 Å². The molecule has 1 aromatic carbocycles. The fourth-order valence-corrected chi connectivity index (χ4v) is 3.73. The highest BCUT2D eigenvalue weighted by Gasteiger charge is 2.20. The van der Waals surface area contributed by atoms with Crippen molar-refractivity contribution in [2.24, 2.45) is 0 Å². The lowest BCUT2D eigenvalue weighted by Crippen LogP contribution is -2.37. The molecule has 0 aliphatic rings. The molecule has 11 nitrogen and oxygen atoms in total. The topological polar surface area (TPSA) is 146 Å². The molecule has 2 rings (SSSR count). The summed E-state index contributed by atoms with van der Waals surface area (Å²) in [6.07, 6.45) is 0. The van der Waals surface area contributed by atoms with Crippen LogP contribution in [-0.2, 0) is 20.5 Å². The highest BCUT2D eigenvalue weighted by Crippen LogP contribution is 2.20. The molecule has 156 valence electrons. The normalized spacial score (nSPS) is 10.7. The Bertz CT molecular complexity index is 976. The number of carbonyl (C=O) groups is 2. The van der Waals surface area contributed by atoms with E-state index >= 15 is 0 Å². The number of amides is 2. The standard InChI is InChI=1S/C16H18N4O7S2/c1-25-12-8-13(26-2)18-16(17-12)28-19-15(22)20-29(23,24)9-10-6-4-5-7-11(10)14(21)27-3/h4-8H,9H2,1-3H3,(H2,19,20,22). The van der Waals surface area contributed by atoms with E-state index in [1.54, 1.807) is 12.1 Å². The molecule has 1 aromatic heterocycles. The van der Waals surface area contributed by atoms with E-state index < -0.39 is 27.8 Å². The highest BCUT2D eigenvalue weighted by atomic mass is 32.2. The Morgan fingerprint density at radius 2 is 1.69 bits per heavy atom. The molecule has 2 N–H and O–H groups in total. The molecule has 29 heavy (non-hydrogen) atoms. The van der Waals surface area contributed by atoms with Crippen LogP contribution in [0.15, 0.2) is 35.5 Å². The molecule has 0 spiro atoms. The molecule has 0 saturated carbocycles. The maximum Gasteiger partial charge on any atom is 0.338 e. The minimum Gasteiger partial charge on any atom is -0.481 e. The average molecular weight is 442 g/mol. The number of hydrogen-bond donors (Lipinski definition) is 2. The van der Waals surface area contributed by atoms with Gasteiger partial charge in [0, 0.05) is 11.9 Å². The number of aromatic nitrogens is 2. The number of ether oxygens (including phenoxy) is 3. The van der Waals surface area contributed by atoms with Gasteiger partial charge in [-0.05, 0) is 11.6 Å². The molecule has 0 bridgehead atoms. The summed E-state index contributed by atoms with van der Waals surface area (Å²) in [7, 11) is -0.119. The number of carbonyl (C=O) groups excluding carboxylic acids is 2. The summed E-state index contributed by atoms with van der Waals surface area (Å²) >= 11 is 0.663. The first-order valence-corrected chi connectivity index (χ1v) is 10.4. The SMILES string of the molecule is COC(=O)c1ccccc1CS(=O)(=O)NC(=O)NSc1nc(OC)cc(OC)n1. The highest BCUT2D eigenvalue weighted by molar-refractivity contribution is 7.98. The summed E-state index contributed by atoms with van der Waals surface area (Å²) in [4.78, 5) is 31.7. The van der Waals surface area contributed by atoms with E-state index in [9.17, 15) is 18.0 Å². The Labute approximate surface area is 171 Å². The van der Waals surface area contributed by atoms with Gasteiger partial charge in [0.25, 0.3) is 0 Å². The summed E-state index contributed by atoms with van der Waals surface area (Å²) in [6.45, 7) is 0. The van der Waals surface area contributed by atoms with Crippen molar-refractivity contribution in [3.05, 3.63) is 41.5 Å². The van der Waals surface area contributed by atoms with Crippen molar-refractivity contribution in [2.45, 2.75) is 10.9 Å². The van der Waals surface area contributed by atoms with E-state index in [0.29, 0.717) is 11.9 Å². The molecule has 0 atom stereocenters. The average Bonchev–Trinajstić information content (AvgIpc) is 2.71. The molecule has 0 saturated heterocycles. The number of hydrogen-bond acceptors (Lipinski definition) is 10. The first-order chi connectivity index (χ1) is 13.8. The zero-order chi connectivity index (χ0) is 21.4. The van der Waals surface area contributed by atoms with Gasteiger partial charge in [-0.1, -0.05) is 18.2 Å². The van der Waals surface area contributed by atoms with Crippen LogP contribution in [0, 0.1) is 0 Å². The van der Waals surface area contributed by atoms with Gasteiger partial charge in [-0.25, -0.2) is 22.7 Å². The van der Waals surface area contributed by atoms with E-state index in [-0.39, 0.29) is 28.0 Å². The molecule has 0 aliphatic heterocycles. The third-order valence-corrected chi connectivity index (χ3v) is 5.17. The van der Waals surface area contributed by atoms with Crippen molar-refractivity contribution < 1.29 is 32.2 Å². The third kappa shape index (κ3) is 6.50. The fourth-order valence-electron chi connectivity index (χ4n) is 2.09. The zero-order valence-electron chi connectivity index (χ0n) is 15.7. The Morgan fingerprint density at radius 3 is 2.28 bits per heavy atom. The van der Waals surface area contributed by atoms with E-state index in [2.05, 4.69) is 19.4 Å². The third-order valence-electron chi connectivity index (χ3n) is 3.33. The van der Waals surface area contributed by atoms with Crippen LogP contribution in [0.5, 0.6) is 11.8 Å². The van der Waals surface area contributed by atoms with E-state index in [4.69, 9.17) is 9.47 Å². The lowest BCUT2D eigenvalue weighted by atomic mass is 10.1. The second kappa shape index (κ2) is 9.93. The summed E-state index contributed by atoms with van der Waals surface area (Å²) in [5.74, 6) is -0.873. The maximum atomic E-state index is 12.3. The fraction of sp³-hybridized carbons (Fsp3) is 0.250. The van der Waals surface area contributed by atoms with Crippen LogP contribution >= 0.6 is 11.9 Å². The molecular weight excluding hydrogens is 424 g/mol. The van der Waals surface area contributed by atoms with E-state index in [1.807, 2.05) is 4.72 Å². The van der Waals surface area contributed by atoms with Crippen LogP contribution < -0.4 is 18.9 Å². The second-order valence-electron chi connectivity index (χ2n) is 5.28. The predicted molar refractivity (Wildman–Crippen MR) is 103 cm³/mol. The van der Waals surface area contributed by atoms with Gasteiger partial charge in [0.2, 0.25) is 26.9 Å². The first-order valence-electron chi connectivity index (χ1n) is 7.88. The smallest absolute Gasteiger partial charge is 0.338 e. The summed E-state index contributed by atoms with van der Waals surface area (Å²) < 4.78 is 43.3. The number of urea groups is 1. The molecule has 0 fully saturated rings. The first kappa shape index (κ1) is 22.2. The zero-order valence-corrected chi connectivity index (χ0v) is 17.3. The van der Waals surface area contributed by atoms with Crippen molar-refractivity contribution in [3.8, 4) is 11.8 Å². The lowest BCUT2D eigenvalue weighted by molar-refractivity contribution is 0.0600. The van der Waals surface area contributed by atoms with Crippen LogP contribution in [0.2, 0.25) is 0 Å². The number of nitrogens with one attached hydrogen (secondary N) is 2. The van der Waals surface area contributed by atoms with Crippen molar-refractivity contribution in [3.63, 3.8) is 0 Å². The van der Waals surface area contributed by atoms with Crippen molar-refractivity contribution in [1.82, 2.24) is 19.4 Å². The van der Waals surface area contributed by atoms with Crippen LogP contribution in [-0.4, -0.2) is 51.7 Å². The van der Waals surface area contributed by atoms with Gasteiger partial charge in [0.1, 0.15) is 0 Å². The maximum absolute atomic E-state index is 12.3. The molecule has 1 heterocycles. The monoisotopic (exact) mass is 442 g/mol. The molecule has 2 aromatic rings. The summed E-state index contributed by atoms with van der Waals surface area (Å²) in [5.41, 5.74) is 0.278.